The number of hydrogen-bond donors (Lipinski definition) is 1. The number of rotatable bonds is 3. The molecule has 0 radical (unpaired) electrons. The van der Waals surface area contributed by atoms with E-state index in [0.29, 0.717) is 25.6 Å². The molecule has 2 atom stereocenters. The lowest BCUT2D eigenvalue weighted by molar-refractivity contribution is -0.128. The Morgan fingerprint density at radius 3 is 3.00 bits per heavy atom. The van der Waals surface area contributed by atoms with Crippen LogP contribution in [0.3, 0.4) is 0 Å². The van der Waals surface area contributed by atoms with Crippen molar-refractivity contribution in [3.63, 3.8) is 0 Å². The van der Waals surface area contributed by atoms with Crippen molar-refractivity contribution < 1.29 is 9.90 Å². The molecule has 2 aromatic heterocycles. The molecule has 130 valence electrons. The van der Waals surface area contributed by atoms with Crippen molar-refractivity contribution in [1.82, 2.24) is 9.47 Å². The molecule has 2 aliphatic heterocycles. The third-order valence-electron chi connectivity index (χ3n) is 5.04. The van der Waals surface area contributed by atoms with Gasteiger partial charge in [-0.3, -0.25) is 9.59 Å². The Kier molecular flexibility index (Phi) is 4.31. The number of aliphatic hydroxyl groups is 1. The zero-order chi connectivity index (χ0) is 17.4. The average molecular weight is 356 g/mol. The molecule has 2 bridgehead atoms. The first-order valence-corrected chi connectivity index (χ1v) is 9.37. The van der Waals surface area contributed by atoms with Crippen LogP contribution in [0.1, 0.15) is 28.5 Å². The van der Waals surface area contributed by atoms with Crippen LogP contribution in [0.5, 0.6) is 0 Å². The molecule has 0 unspecified atom stereocenters. The van der Waals surface area contributed by atoms with Gasteiger partial charge in [-0.2, -0.15) is 0 Å². The van der Waals surface area contributed by atoms with Crippen molar-refractivity contribution in [2.45, 2.75) is 25.5 Å². The van der Waals surface area contributed by atoms with E-state index in [1.807, 2.05) is 39.1 Å². The lowest BCUT2D eigenvalue weighted by Gasteiger charge is -2.42. The van der Waals surface area contributed by atoms with Gasteiger partial charge in [-0.05, 0) is 41.5 Å². The quantitative estimate of drug-likeness (QED) is 0.857. The van der Waals surface area contributed by atoms with Crippen molar-refractivity contribution in [1.29, 1.82) is 0 Å². The van der Waals surface area contributed by atoms with Crippen LogP contribution in [-0.4, -0.2) is 33.6 Å². The molecule has 1 N–H and O–H groups in total. The summed E-state index contributed by atoms with van der Waals surface area (Å²) in [6, 6.07) is 7.32. The molecule has 0 spiro atoms. The van der Waals surface area contributed by atoms with E-state index in [1.165, 1.54) is 11.3 Å². The summed E-state index contributed by atoms with van der Waals surface area (Å²) in [6.07, 6.45) is 4.48. The Labute approximate surface area is 149 Å². The van der Waals surface area contributed by atoms with Crippen molar-refractivity contribution >= 4 is 23.3 Å². The highest BCUT2D eigenvalue weighted by Gasteiger charge is 2.35. The predicted octanol–water partition coefficient (Wildman–Crippen LogP) is 2.06. The topological polar surface area (TPSA) is 62.5 Å². The Bertz CT molecular complexity index is 883. The minimum absolute atomic E-state index is 0.0142. The van der Waals surface area contributed by atoms with Gasteiger partial charge in [0.1, 0.15) is 0 Å². The first kappa shape index (κ1) is 16.3. The maximum atomic E-state index is 12.6. The molecule has 0 saturated carbocycles. The zero-order valence-corrected chi connectivity index (χ0v) is 14.6. The largest absolute Gasteiger partial charge is 0.392 e. The van der Waals surface area contributed by atoms with Gasteiger partial charge in [0, 0.05) is 48.3 Å². The number of carbonyl (C=O) groups is 1. The average Bonchev–Trinajstić information content (AvgIpc) is 3.08. The number of aliphatic hydroxyl groups excluding tert-OH is 1. The second kappa shape index (κ2) is 6.61. The van der Waals surface area contributed by atoms with Crippen molar-refractivity contribution in [3.8, 4) is 0 Å². The first-order valence-electron chi connectivity index (χ1n) is 8.49. The second-order valence-electron chi connectivity index (χ2n) is 6.79. The third kappa shape index (κ3) is 3.19. The molecule has 2 aliphatic rings. The van der Waals surface area contributed by atoms with Gasteiger partial charge in [0.2, 0.25) is 5.91 Å². The maximum Gasteiger partial charge on any atom is 0.250 e. The monoisotopic (exact) mass is 356 g/mol. The number of hydrogen-bond acceptors (Lipinski definition) is 4. The fraction of sp³-hybridized carbons (Fsp3) is 0.368. The summed E-state index contributed by atoms with van der Waals surface area (Å²) in [5.74, 6) is 0.591. The number of likely N-dealkylation sites (tertiary alicyclic amines) is 1. The number of carbonyl (C=O) groups excluding carboxylic acids is 1. The van der Waals surface area contributed by atoms with E-state index in [9.17, 15) is 9.59 Å². The Morgan fingerprint density at radius 2 is 2.20 bits per heavy atom. The van der Waals surface area contributed by atoms with Crippen LogP contribution in [0.4, 0.5) is 0 Å². The van der Waals surface area contributed by atoms with Gasteiger partial charge in [-0.25, -0.2) is 0 Å². The lowest BCUT2D eigenvalue weighted by Crippen LogP contribution is -2.48. The summed E-state index contributed by atoms with van der Waals surface area (Å²) < 4.78 is 1.87. The molecule has 1 fully saturated rings. The second-order valence-corrected chi connectivity index (χ2v) is 7.73. The Hall–Kier alpha value is -2.18. The molecule has 4 heterocycles. The van der Waals surface area contributed by atoms with Gasteiger partial charge in [0.25, 0.3) is 5.56 Å². The van der Waals surface area contributed by atoms with E-state index in [2.05, 4.69) is 0 Å². The van der Waals surface area contributed by atoms with E-state index in [1.54, 1.807) is 12.1 Å². The summed E-state index contributed by atoms with van der Waals surface area (Å²) in [5.41, 5.74) is 1.98. The number of pyridine rings is 1. The van der Waals surface area contributed by atoms with E-state index < -0.39 is 0 Å². The molecule has 2 aromatic rings. The minimum atomic E-state index is 0.0142. The Balaban J connectivity index is 1.50. The van der Waals surface area contributed by atoms with Crippen LogP contribution in [-0.2, 0) is 17.9 Å². The molecule has 1 amide bonds. The molecule has 25 heavy (non-hydrogen) atoms. The molecule has 1 saturated heterocycles. The summed E-state index contributed by atoms with van der Waals surface area (Å²) in [6.45, 7) is 2.08. The Morgan fingerprint density at radius 1 is 1.32 bits per heavy atom. The van der Waals surface area contributed by atoms with Gasteiger partial charge in [-0.15, -0.1) is 11.3 Å². The highest BCUT2D eigenvalue weighted by atomic mass is 32.1. The smallest absolute Gasteiger partial charge is 0.250 e. The highest BCUT2D eigenvalue weighted by molar-refractivity contribution is 7.11. The fourth-order valence-corrected chi connectivity index (χ4v) is 4.70. The van der Waals surface area contributed by atoms with Gasteiger partial charge in [0.15, 0.2) is 0 Å². The SMILES string of the molecule is O=C(C=Cc1cc(CO)cs1)N1C[C@@H]2C[C@H](C1)c1cccc(=O)n1C2. The van der Waals surface area contributed by atoms with Crippen molar-refractivity contribution in [2.24, 2.45) is 5.92 Å². The third-order valence-corrected chi connectivity index (χ3v) is 5.98. The van der Waals surface area contributed by atoms with Gasteiger partial charge in [0.05, 0.1) is 6.61 Å². The van der Waals surface area contributed by atoms with E-state index in [4.69, 9.17) is 5.11 Å². The minimum Gasteiger partial charge on any atom is -0.392 e. The van der Waals surface area contributed by atoms with Crippen LogP contribution in [0.15, 0.2) is 40.5 Å². The van der Waals surface area contributed by atoms with Crippen LogP contribution >= 0.6 is 11.3 Å². The number of nitrogens with zero attached hydrogens (tertiary/aromatic N) is 2. The molecular formula is C19H20N2O3S. The fourth-order valence-electron chi connectivity index (χ4n) is 3.90. The molecule has 5 nitrogen and oxygen atoms in total. The summed E-state index contributed by atoms with van der Waals surface area (Å²) in [5, 5.41) is 11.0. The van der Waals surface area contributed by atoms with Gasteiger partial charge >= 0.3 is 0 Å². The number of thiophene rings is 1. The first-order chi connectivity index (χ1) is 12.1. The number of fused-ring (bicyclic) bond motifs is 4. The molecule has 4 rings (SSSR count). The molecule has 0 aromatic carbocycles. The summed E-state index contributed by atoms with van der Waals surface area (Å²) in [4.78, 5) is 27.5. The van der Waals surface area contributed by atoms with Crippen LogP contribution in [0.2, 0.25) is 0 Å². The predicted molar refractivity (Wildman–Crippen MR) is 97.4 cm³/mol. The molecular weight excluding hydrogens is 336 g/mol. The number of amides is 1. The zero-order valence-electron chi connectivity index (χ0n) is 13.8. The normalized spacial score (nSPS) is 22.2. The number of piperidine rings is 1. The maximum absolute atomic E-state index is 12.6. The van der Waals surface area contributed by atoms with Crippen LogP contribution < -0.4 is 5.56 Å². The number of aromatic nitrogens is 1. The summed E-state index contributed by atoms with van der Waals surface area (Å²) >= 11 is 1.52. The van der Waals surface area contributed by atoms with Crippen LogP contribution in [0, 0.1) is 5.92 Å². The highest BCUT2D eigenvalue weighted by Crippen LogP contribution is 2.35. The van der Waals surface area contributed by atoms with Gasteiger partial charge < -0.3 is 14.6 Å². The summed E-state index contributed by atoms with van der Waals surface area (Å²) in [7, 11) is 0. The standard InChI is InChI=1S/C19H20N2O3S/c22-11-14-7-16(25-12-14)4-5-18(23)20-8-13-6-15(10-20)17-2-1-3-19(24)21(17)9-13/h1-5,7,12-13,15,22H,6,8-11H2/t13-,15+/m0/s1. The van der Waals surface area contributed by atoms with E-state index in [-0.39, 0.29) is 24.0 Å². The van der Waals surface area contributed by atoms with Crippen molar-refractivity contribution in [3.05, 3.63) is 62.2 Å². The molecule has 0 aliphatic carbocycles. The molecule has 6 heteroatoms. The van der Waals surface area contributed by atoms with Gasteiger partial charge in [-0.1, -0.05) is 6.07 Å². The van der Waals surface area contributed by atoms with Crippen molar-refractivity contribution in [2.75, 3.05) is 13.1 Å². The van der Waals surface area contributed by atoms with Crippen LogP contribution in [0.25, 0.3) is 6.08 Å². The van der Waals surface area contributed by atoms with E-state index in [0.717, 1.165) is 22.6 Å². The van der Waals surface area contributed by atoms with E-state index >= 15 is 0 Å². The lowest BCUT2D eigenvalue weighted by atomic mass is 9.83.